The van der Waals surface area contributed by atoms with Crippen LogP contribution in [0.3, 0.4) is 0 Å². The summed E-state index contributed by atoms with van der Waals surface area (Å²) in [4.78, 5) is 41.5. The molecule has 8 heteroatoms. The molecule has 1 amide bonds. The van der Waals surface area contributed by atoms with Gasteiger partial charge in [0.2, 0.25) is 5.91 Å². The molecule has 36 heavy (non-hydrogen) atoms. The molecule has 0 bridgehead atoms. The fraction of sp³-hybridized carbons (Fsp3) is 0.893. The number of hydrogen-bond acceptors (Lipinski definition) is 5. The van der Waals surface area contributed by atoms with Crippen LogP contribution in [0.15, 0.2) is 0 Å². The summed E-state index contributed by atoms with van der Waals surface area (Å²) in [7, 11) is -4.63. The van der Waals surface area contributed by atoms with Gasteiger partial charge in [-0.05, 0) is 55.7 Å². The first-order chi connectivity index (χ1) is 20.0. The van der Waals surface area contributed by atoms with Crippen LogP contribution in [-0.2, 0) is 24.2 Å². The van der Waals surface area contributed by atoms with Gasteiger partial charge in [-0.15, -0.1) is 0 Å². The van der Waals surface area contributed by atoms with Crippen LogP contribution in [0.4, 0.5) is 0 Å². The maximum Gasteiger partial charge on any atom is 0.326 e. The number of nitrogens with zero attached hydrogens (tertiary/aromatic N) is 1. The molecule has 0 spiro atoms. The Balaban J connectivity index is 2.16. The summed E-state index contributed by atoms with van der Waals surface area (Å²) in [6.45, 7) is 12.5. The first-order valence-electron chi connectivity index (χ1n) is 17.3. The maximum absolute atomic E-state index is 14.0. The lowest BCUT2D eigenvalue weighted by atomic mass is 9.70. The summed E-state index contributed by atoms with van der Waals surface area (Å²) in [5.41, 5.74) is -4.61. The van der Waals surface area contributed by atoms with Crippen molar-refractivity contribution in [3.63, 3.8) is 0 Å². The molecule has 7 nitrogen and oxygen atoms in total. The second-order valence-electron chi connectivity index (χ2n) is 13.1. The van der Waals surface area contributed by atoms with Crippen molar-refractivity contribution in [1.82, 2.24) is 4.90 Å². The van der Waals surface area contributed by atoms with E-state index in [1.165, 1.54) is 25.7 Å². The molecule has 206 valence electrons. The molecule has 3 rings (SSSR count). The predicted octanol–water partition coefficient (Wildman–Crippen LogP) is 4.73. The van der Waals surface area contributed by atoms with E-state index in [9.17, 15) is 27.9 Å². The van der Waals surface area contributed by atoms with Crippen molar-refractivity contribution in [3.8, 4) is 0 Å². The second-order valence-corrected chi connectivity index (χ2v) is 15.9. The number of hydrogen-bond donors (Lipinski definition) is 1. The number of carbonyl (C=O) groups excluding carboxylic acids is 2. The zero-order valence-electron chi connectivity index (χ0n) is 32.5. The molecule has 0 aromatic heterocycles. The topological polar surface area (TPSA) is 109 Å². The van der Waals surface area contributed by atoms with E-state index in [-0.39, 0.29) is 23.8 Å². The molecule has 0 aromatic carbocycles. The molecule has 1 N–H and O–H groups in total. The largest absolute Gasteiger partial charge is 0.480 e. The highest BCUT2D eigenvalue weighted by molar-refractivity contribution is 7.92. The van der Waals surface area contributed by atoms with Gasteiger partial charge in [0.25, 0.3) is 0 Å². The number of Topliss-reactive ketones (excluding diaryl/α,β-unsaturated/α-hetero) is 1. The van der Waals surface area contributed by atoms with Gasteiger partial charge in [-0.2, -0.15) is 0 Å². The zero-order chi connectivity index (χ0) is 36.4. The zero-order valence-corrected chi connectivity index (χ0v) is 23.3. The first kappa shape index (κ1) is 18.0. The van der Waals surface area contributed by atoms with E-state index >= 15 is 0 Å². The Morgan fingerprint density at radius 1 is 1.06 bits per heavy atom. The molecule has 1 heterocycles. The minimum atomic E-state index is -4.63. The van der Waals surface area contributed by atoms with Crippen LogP contribution in [-0.4, -0.2) is 59.2 Å². The Labute approximate surface area is 231 Å². The van der Waals surface area contributed by atoms with E-state index < -0.39 is 105 Å². The maximum atomic E-state index is 14.0. The molecular formula is C28H47NO6S. The molecule has 2 saturated carbocycles. The standard InChI is InChI=1S/C28H47NO6S/c1-25(2,3)19(23(31)29-16-20-21(27(20,7)8)22(29)24(32)33)14-18(30)15-28(12-10-9-11-13-28)17-36(34,35)26(4,5)6/h19-22H,9-17H2,1-8H3,(H,32,33)/t19-,20?,21?,22?/m1/s1/i9D2,10D2,11D2,12D2,13D2. The number of likely N-dealkylation sites (tertiary alicyclic amines) is 1. The fourth-order valence-corrected chi connectivity index (χ4v) is 6.84. The monoisotopic (exact) mass is 535 g/mol. The number of fused-ring (bicyclic) bond motifs is 1. The highest BCUT2D eigenvalue weighted by Crippen LogP contribution is 2.65. The van der Waals surface area contributed by atoms with Gasteiger partial charge in [-0.25, -0.2) is 13.2 Å². The first-order valence-corrected chi connectivity index (χ1v) is 14.0. The Bertz CT molecular complexity index is 1380. The van der Waals surface area contributed by atoms with Gasteiger partial charge in [0.05, 0.1) is 10.5 Å². The summed E-state index contributed by atoms with van der Waals surface area (Å²) < 4.78 is 111. The van der Waals surface area contributed by atoms with Gasteiger partial charge in [-0.1, -0.05) is 53.7 Å². The number of aliphatic carboxylic acids is 1. The van der Waals surface area contributed by atoms with Crippen molar-refractivity contribution < 1.29 is 41.6 Å². The summed E-state index contributed by atoms with van der Waals surface area (Å²) in [5, 5.41) is 10.0. The molecule has 0 aromatic rings. The average Bonchev–Trinajstić information content (AvgIpc) is 3.17. The highest BCUT2D eigenvalue weighted by Gasteiger charge is 2.70. The number of amides is 1. The minimum absolute atomic E-state index is 0.0825. The van der Waals surface area contributed by atoms with E-state index in [1.54, 1.807) is 20.8 Å². The molecule has 3 fully saturated rings. The molecule has 2 aliphatic carbocycles. The molecule has 1 saturated heterocycles. The quantitative estimate of drug-likeness (QED) is 0.481. The van der Waals surface area contributed by atoms with Gasteiger partial charge in [0, 0.05) is 44.9 Å². The smallest absolute Gasteiger partial charge is 0.326 e. The van der Waals surface area contributed by atoms with Gasteiger partial charge in [0.15, 0.2) is 9.84 Å². The van der Waals surface area contributed by atoms with Crippen molar-refractivity contribution in [2.24, 2.45) is 34.0 Å². The number of sulfone groups is 1. The SMILES string of the molecule is [2H]C1([2H])C([2H])([2H])C([2H])([2H])C(CC(=O)C[C@H](C(=O)N2CC3C(C2C(=O)O)C3(C)C)C(C)(C)C)(CS(=O)(=O)C(C)(C)C)C([2H])([2H])C1([2H])[2H]. The third-order valence-corrected chi connectivity index (χ3v) is 10.9. The van der Waals surface area contributed by atoms with Crippen molar-refractivity contribution in [2.45, 2.75) is 111 Å². The third-order valence-electron chi connectivity index (χ3n) is 8.12. The van der Waals surface area contributed by atoms with Gasteiger partial charge < -0.3 is 10.0 Å². The molecule has 4 atom stereocenters. The van der Waals surface area contributed by atoms with Crippen LogP contribution in [0.25, 0.3) is 0 Å². The molecular weight excluding hydrogens is 478 g/mol. The lowest BCUT2D eigenvalue weighted by Crippen LogP contribution is -2.50. The van der Waals surface area contributed by atoms with Crippen LogP contribution >= 0.6 is 0 Å². The van der Waals surface area contributed by atoms with Crippen molar-refractivity contribution in [2.75, 3.05) is 12.3 Å². The number of piperidine rings is 1. The Kier molecular flexibility index (Phi) is 4.68. The second kappa shape index (κ2) is 9.39. The number of carboxylic acids is 1. The van der Waals surface area contributed by atoms with Crippen LogP contribution in [0.5, 0.6) is 0 Å². The van der Waals surface area contributed by atoms with E-state index in [1.807, 2.05) is 13.8 Å². The Morgan fingerprint density at radius 3 is 2.08 bits per heavy atom. The number of carboxylic acid groups (broad SMARTS) is 1. The minimum Gasteiger partial charge on any atom is -0.480 e. The van der Waals surface area contributed by atoms with Crippen LogP contribution in [0.1, 0.15) is 114 Å². The normalized spacial score (nSPS) is 39.4. The fourth-order valence-electron chi connectivity index (χ4n) is 5.51. The van der Waals surface area contributed by atoms with E-state index in [4.69, 9.17) is 13.7 Å². The number of ketones is 1. The molecule has 3 aliphatic rings. The van der Waals surface area contributed by atoms with Crippen molar-refractivity contribution >= 4 is 27.5 Å². The van der Waals surface area contributed by atoms with E-state index in [2.05, 4.69) is 0 Å². The summed E-state index contributed by atoms with van der Waals surface area (Å²) in [6.07, 6.45) is -21.1. The van der Waals surface area contributed by atoms with Gasteiger partial charge in [-0.3, -0.25) is 9.59 Å². The highest BCUT2D eigenvalue weighted by atomic mass is 32.2. The summed E-state index contributed by atoms with van der Waals surface area (Å²) in [6, 6.07) is -1.15. The van der Waals surface area contributed by atoms with Crippen molar-refractivity contribution in [1.29, 1.82) is 0 Å². The van der Waals surface area contributed by atoms with Crippen molar-refractivity contribution in [3.05, 3.63) is 0 Å². The Morgan fingerprint density at radius 2 is 1.61 bits per heavy atom. The summed E-state index contributed by atoms with van der Waals surface area (Å²) in [5.74, 6) is -6.12. The Hall–Kier alpha value is -1.44. The van der Waals surface area contributed by atoms with E-state index in [0.29, 0.717) is 0 Å². The third kappa shape index (κ3) is 5.53. The lowest BCUT2D eigenvalue weighted by molar-refractivity contribution is -0.154. The van der Waals surface area contributed by atoms with Crippen LogP contribution in [0, 0.1) is 34.0 Å². The van der Waals surface area contributed by atoms with Gasteiger partial charge >= 0.3 is 5.97 Å². The lowest BCUT2D eigenvalue weighted by Gasteiger charge is -2.40. The summed E-state index contributed by atoms with van der Waals surface area (Å²) >= 11 is 0. The van der Waals surface area contributed by atoms with Gasteiger partial charge in [0.1, 0.15) is 11.8 Å². The number of carbonyl (C=O) groups is 3. The molecule has 1 aliphatic heterocycles. The predicted molar refractivity (Wildman–Crippen MR) is 140 cm³/mol. The average molecular weight is 536 g/mol. The van der Waals surface area contributed by atoms with E-state index in [0.717, 1.165) is 0 Å². The number of rotatable bonds is 8. The van der Waals surface area contributed by atoms with Crippen LogP contribution in [0.2, 0.25) is 0 Å². The molecule has 0 radical (unpaired) electrons. The van der Waals surface area contributed by atoms with Crippen LogP contribution < -0.4 is 0 Å². The molecule has 3 unspecified atom stereocenters.